The van der Waals surface area contributed by atoms with Gasteiger partial charge < -0.3 is 15.1 Å². The maximum atomic E-state index is 12.8. The van der Waals surface area contributed by atoms with Crippen LogP contribution < -0.4 is 5.32 Å². The van der Waals surface area contributed by atoms with Gasteiger partial charge in [0.2, 0.25) is 0 Å². The highest BCUT2D eigenvalue weighted by Gasteiger charge is 2.23. The van der Waals surface area contributed by atoms with E-state index in [0.29, 0.717) is 0 Å². The summed E-state index contributed by atoms with van der Waals surface area (Å²) in [7, 11) is 2.13. The highest BCUT2D eigenvalue weighted by molar-refractivity contribution is 5.97. The summed E-state index contributed by atoms with van der Waals surface area (Å²) in [5.41, 5.74) is 3.26. The fraction of sp³-hybridized carbons (Fsp3) is 0.562. The van der Waals surface area contributed by atoms with Crippen LogP contribution in [0.15, 0.2) is 18.2 Å². The number of hydrogen-bond donors (Lipinski definition) is 1. The van der Waals surface area contributed by atoms with Crippen molar-refractivity contribution in [3.63, 3.8) is 0 Å². The van der Waals surface area contributed by atoms with Crippen LogP contribution in [-0.4, -0.2) is 55.5 Å². The molecule has 0 bridgehead atoms. The smallest absolute Gasteiger partial charge is 0.254 e. The zero-order valence-electron chi connectivity index (χ0n) is 12.2. The van der Waals surface area contributed by atoms with Crippen molar-refractivity contribution >= 4 is 11.6 Å². The Kier molecular flexibility index (Phi) is 3.92. The molecule has 1 amide bonds. The lowest BCUT2D eigenvalue weighted by atomic mass is 9.97. The predicted molar refractivity (Wildman–Crippen MR) is 81.3 cm³/mol. The number of fused-ring (bicyclic) bond motifs is 1. The molecule has 1 aromatic carbocycles. The largest absolute Gasteiger partial charge is 0.385 e. The molecule has 0 radical (unpaired) electrons. The van der Waals surface area contributed by atoms with Crippen molar-refractivity contribution in [2.24, 2.45) is 0 Å². The number of nitrogens with one attached hydrogen (secondary N) is 1. The fourth-order valence-electron chi connectivity index (χ4n) is 3.13. The van der Waals surface area contributed by atoms with Gasteiger partial charge in [0.05, 0.1) is 0 Å². The van der Waals surface area contributed by atoms with E-state index in [-0.39, 0.29) is 5.91 Å². The molecule has 2 heterocycles. The Morgan fingerprint density at radius 3 is 2.95 bits per heavy atom. The third-order valence-corrected chi connectivity index (χ3v) is 4.33. The van der Waals surface area contributed by atoms with Crippen molar-refractivity contribution in [2.45, 2.75) is 19.3 Å². The number of carbonyl (C=O) groups excluding carboxylic acids is 1. The Hall–Kier alpha value is -1.55. The molecule has 1 fully saturated rings. The zero-order valence-corrected chi connectivity index (χ0v) is 12.2. The summed E-state index contributed by atoms with van der Waals surface area (Å²) in [5, 5.41) is 3.40. The second-order valence-electron chi connectivity index (χ2n) is 5.81. The molecule has 20 heavy (non-hydrogen) atoms. The lowest BCUT2D eigenvalue weighted by Crippen LogP contribution is -2.35. The molecule has 108 valence electrons. The Balaban J connectivity index is 1.83. The Morgan fingerprint density at radius 2 is 2.05 bits per heavy atom. The van der Waals surface area contributed by atoms with Gasteiger partial charge in [-0.15, -0.1) is 0 Å². The van der Waals surface area contributed by atoms with E-state index < -0.39 is 0 Å². The second kappa shape index (κ2) is 5.83. The van der Waals surface area contributed by atoms with Crippen molar-refractivity contribution < 1.29 is 4.79 Å². The molecule has 0 aliphatic carbocycles. The van der Waals surface area contributed by atoms with E-state index in [1.165, 1.54) is 5.56 Å². The van der Waals surface area contributed by atoms with Gasteiger partial charge in [-0.1, -0.05) is 6.07 Å². The summed E-state index contributed by atoms with van der Waals surface area (Å²) in [5.74, 6) is 0.209. The van der Waals surface area contributed by atoms with E-state index in [9.17, 15) is 4.79 Å². The number of hydrogen-bond acceptors (Lipinski definition) is 3. The summed E-state index contributed by atoms with van der Waals surface area (Å²) in [6.45, 7) is 4.78. The number of rotatable bonds is 1. The van der Waals surface area contributed by atoms with Gasteiger partial charge in [-0.25, -0.2) is 0 Å². The average molecular weight is 273 g/mol. The monoisotopic (exact) mass is 273 g/mol. The Labute approximate surface area is 120 Å². The fourth-order valence-corrected chi connectivity index (χ4v) is 3.13. The molecule has 1 N–H and O–H groups in total. The van der Waals surface area contributed by atoms with Crippen LogP contribution in [0.1, 0.15) is 28.8 Å². The standard InChI is InChI=1S/C16H23N3O/c1-18-9-4-10-19(12-11-18)16(20)14-5-2-7-15-13(14)6-3-8-17-15/h2,5,7,17H,3-4,6,8-12H2,1H3. The van der Waals surface area contributed by atoms with Gasteiger partial charge in [0, 0.05) is 37.4 Å². The first kappa shape index (κ1) is 13.4. The maximum Gasteiger partial charge on any atom is 0.254 e. The van der Waals surface area contributed by atoms with Crippen LogP contribution in [0, 0.1) is 0 Å². The molecule has 0 spiro atoms. The molecular weight excluding hydrogens is 250 g/mol. The second-order valence-corrected chi connectivity index (χ2v) is 5.81. The summed E-state index contributed by atoms with van der Waals surface area (Å²) >= 11 is 0. The van der Waals surface area contributed by atoms with Crippen LogP contribution in [0.25, 0.3) is 0 Å². The number of anilines is 1. The molecule has 0 aromatic heterocycles. The van der Waals surface area contributed by atoms with Crippen LogP contribution in [0.4, 0.5) is 5.69 Å². The van der Waals surface area contributed by atoms with Crippen LogP contribution in [0.3, 0.4) is 0 Å². The lowest BCUT2D eigenvalue weighted by molar-refractivity contribution is 0.0761. The summed E-state index contributed by atoms with van der Waals surface area (Å²) < 4.78 is 0. The SMILES string of the molecule is CN1CCCN(C(=O)c2cccc3c2CCCN3)CC1. The summed E-state index contributed by atoms with van der Waals surface area (Å²) in [6.07, 6.45) is 3.19. The van der Waals surface area contributed by atoms with Crippen molar-refractivity contribution in [1.29, 1.82) is 0 Å². The zero-order chi connectivity index (χ0) is 13.9. The lowest BCUT2D eigenvalue weighted by Gasteiger charge is -2.25. The van der Waals surface area contributed by atoms with E-state index >= 15 is 0 Å². The topological polar surface area (TPSA) is 35.6 Å². The van der Waals surface area contributed by atoms with Gasteiger partial charge in [0.25, 0.3) is 5.91 Å². The predicted octanol–water partition coefficient (Wildman–Crippen LogP) is 1.82. The first-order valence-electron chi connectivity index (χ1n) is 7.59. The van der Waals surface area contributed by atoms with Crippen LogP contribution in [0.2, 0.25) is 0 Å². The Bertz CT molecular complexity index is 500. The van der Waals surface area contributed by atoms with Crippen LogP contribution >= 0.6 is 0 Å². The molecule has 1 saturated heterocycles. The first-order chi connectivity index (χ1) is 9.75. The minimum Gasteiger partial charge on any atom is -0.385 e. The van der Waals surface area contributed by atoms with Crippen molar-refractivity contribution in [3.8, 4) is 0 Å². The molecule has 0 saturated carbocycles. The van der Waals surface area contributed by atoms with E-state index in [2.05, 4.69) is 23.3 Å². The van der Waals surface area contributed by atoms with Crippen LogP contribution in [0.5, 0.6) is 0 Å². The summed E-state index contributed by atoms with van der Waals surface area (Å²) in [6, 6.07) is 6.07. The summed E-state index contributed by atoms with van der Waals surface area (Å²) in [4.78, 5) is 17.1. The minimum absolute atomic E-state index is 0.209. The van der Waals surface area contributed by atoms with E-state index in [4.69, 9.17) is 0 Å². The minimum atomic E-state index is 0.209. The van der Waals surface area contributed by atoms with Crippen LogP contribution in [-0.2, 0) is 6.42 Å². The third kappa shape index (κ3) is 2.66. The molecule has 4 heteroatoms. The maximum absolute atomic E-state index is 12.8. The number of benzene rings is 1. The van der Waals surface area contributed by atoms with E-state index in [1.54, 1.807) is 0 Å². The van der Waals surface area contributed by atoms with Gasteiger partial charge in [-0.2, -0.15) is 0 Å². The highest BCUT2D eigenvalue weighted by Crippen LogP contribution is 2.26. The highest BCUT2D eigenvalue weighted by atomic mass is 16.2. The number of nitrogens with zero attached hydrogens (tertiary/aromatic N) is 2. The van der Waals surface area contributed by atoms with Gasteiger partial charge in [0.1, 0.15) is 0 Å². The van der Waals surface area contributed by atoms with Gasteiger partial charge >= 0.3 is 0 Å². The van der Waals surface area contributed by atoms with E-state index in [1.807, 2.05) is 17.0 Å². The number of carbonyl (C=O) groups is 1. The first-order valence-corrected chi connectivity index (χ1v) is 7.59. The van der Waals surface area contributed by atoms with Crippen molar-refractivity contribution in [1.82, 2.24) is 9.80 Å². The molecule has 3 rings (SSSR count). The third-order valence-electron chi connectivity index (χ3n) is 4.33. The Morgan fingerprint density at radius 1 is 1.15 bits per heavy atom. The number of likely N-dealkylation sites (N-methyl/N-ethyl adjacent to an activating group) is 1. The molecule has 4 nitrogen and oxygen atoms in total. The van der Waals surface area contributed by atoms with Gasteiger partial charge in [-0.3, -0.25) is 4.79 Å². The number of amides is 1. The normalized spacial score (nSPS) is 19.9. The molecule has 0 unspecified atom stereocenters. The van der Waals surface area contributed by atoms with E-state index in [0.717, 1.165) is 63.2 Å². The molecular formula is C16H23N3O. The van der Waals surface area contributed by atoms with Gasteiger partial charge in [-0.05, 0) is 50.6 Å². The molecule has 2 aliphatic rings. The van der Waals surface area contributed by atoms with Crippen molar-refractivity contribution in [2.75, 3.05) is 45.1 Å². The average Bonchev–Trinajstić information content (AvgIpc) is 2.71. The van der Waals surface area contributed by atoms with Crippen molar-refractivity contribution in [3.05, 3.63) is 29.3 Å². The molecule has 1 aromatic rings. The molecule has 0 atom stereocenters. The quantitative estimate of drug-likeness (QED) is 0.848. The van der Waals surface area contributed by atoms with Gasteiger partial charge in [0.15, 0.2) is 0 Å². The molecule has 2 aliphatic heterocycles.